The molecule has 43 heavy (non-hydrogen) atoms. The molecule has 1 saturated heterocycles. The fourth-order valence-electron chi connectivity index (χ4n) is 5.02. The maximum absolute atomic E-state index is 13.1. The fraction of sp³-hybridized carbons (Fsp3) is 0.226. The lowest BCUT2D eigenvalue weighted by Gasteiger charge is -2.34. The fourth-order valence-corrected chi connectivity index (χ4v) is 5.15. The van der Waals surface area contributed by atoms with Crippen LogP contribution in [0.15, 0.2) is 72.9 Å². The average molecular weight is 599 g/mol. The molecule has 2 aliphatic heterocycles. The number of nitrogens with zero attached hydrogens (tertiary/aromatic N) is 4. The molecule has 0 aliphatic carbocycles. The van der Waals surface area contributed by atoms with Crippen LogP contribution in [0.2, 0.25) is 5.02 Å². The van der Waals surface area contributed by atoms with Gasteiger partial charge in [0.2, 0.25) is 5.95 Å². The Kier molecular flexibility index (Phi) is 8.14. The highest BCUT2D eigenvalue weighted by molar-refractivity contribution is 6.32. The molecule has 6 rings (SSSR count). The van der Waals surface area contributed by atoms with Crippen molar-refractivity contribution in [3.05, 3.63) is 89.1 Å². The number of hydrogen-bond acceptors (Lipinski definition) is 8. The number of benzene rings is 3. The first kappa shape index (κ1) is 28.1. The molecule has 5 N–H and O–H groups in total. The van der Waals surface area contributed by atoms with Gasteiger partial charge < -0.3 is 36.2 Å². The minimum absolute atomic E-state index is 0.0993. The third kappa shape index (κ3) is 6.90. The van der Waals surface area contributed by atoms with Gasteiger partial charge in [-0.1, -0.05) is 23.7 Å². The minimum Gasteiger partial charge on any atom is -0.483 e. The summed E-state index contributed by atoms with van der Waals surface area (Å²) in [5, 5.41) is 9.77. The Morgan fingerprint density at radius 1 is 0.930 bits per heavy atom. The molecule has 12 heteroatoms. The van der Waals surface area contributed by atoms with Crippen LogP contribution in [-0.2, 0) is 17.6 Å². The highest BCUT2D eigenvalue weighted by Gasteiger charge is 2.25. The second-order valence-electron chi connectivity index (χ2n) is 10.4. The molecule has 0 atom stereocenters. The molecule has 0 spiro atoms. The van der Waals surface area contributed by atoms with E-state index in [1.165, 1.54) is 0 Å². The Morgan fingerprint density at radius 3 is 2.51 bits per heavy atom. The maximum atomic E-state index is 13.1. The van der Waals surface area contributed by atoms with Crippen molar-refractivity contribution in [2.45, 2.75) is 12.8 Å². The second-order valence-corrected chi connectivity index (χ2v) is 10.8. The Morgan fingerprint density at radius 2 is 1.70 bits per heavy atom. The topological polar surface area (TPSA) is 138 Å². The van der Waals surface area contributed by atoms with Crippen LogP contribution >= 0.6 is 11.6 Å². The maximum Gasteiger partial charge on any atom is 0.321 e. The zero-order chi connectivity index (χ0) is 29.8. The Hall–Kier alpha value is -5.03. The van der Waals surface area contributed by atoms with Gasteiger partial charge in [-0.2, -0.15) is 4.98 Å². The van der Waals surface area contributed by atoms with E-state index in [-0.39, 0.29) is 18.5 Å². The summed E-state index contributed by atoms with van der Waals surface area (Å²) >= 11 is 6.38. The van der Waals surface area contributed by atoms with Gasteiger partial charge in [-0.15, -0.1) is 0 Å². The van der Waals surface area contributed by atoms with Gasteiger partial charge >= 0.3 is 6.03 Å². The number of ether oxygens (including phenoxy) is 1. The van der Waals surface area contributed by atoms with E-state index in [0.717, 1.165) is 28.9 Å². The number of halogens is 1. The third-order valence-electron chi connectivity index (χ3n) is 7.37. The Balaban J connectivity index is 1.10. The highest BCUT2D eigenvalue weighted by atomic mass is 35.5. The summed E-state index contributed by atoms with van der Waals surface area (Å²) in [5.74, 6) is 1.42. The summed E-state index contributed by atoms with van der Waals surface area (Å²) < 4.78 is 6.08. The van der Waals surface area contributed by atoms with Gasteiger partial charge in [-0.05, 0) is 78.6 Å². The quantitative estimate of drug-likeness (QED) is 0.239. The van der Waals surface area contributed by atoms with Crippen molar-refractivity contribution in [3.63, 3.8) is 0 Å². The molecule has 11 nitrogen and oxygen atoms in total. The zero-order valence-electron chi connectivity index (χ0n) is 23.3. The van der Waals surface area contributed by atoms with Crippen molar-refractivity contribution in [2.24, 2.45) is 0 Å². The lowest BCUT2D eigenvalue weighted by molar-refractivity contribution is -0.134. The van der Waals surface area contributed by atoms with Crippen molar-refractivity contribution in [1.82, 2.24) is 19.8 Å². The van der Waals surface area contributed by atoms with Gasteiger partial charge in [0.25, 0.3) is 5.91 Å². The van der Waals surface area contributed by atoms with E-state index in [1.807, 2.05) is 30.3 Å². The van der Waals surface area contributed by atoms with E-state index < -0.39 is 0 Å². The smallest absolute Gasteiger partial charge is 0.321 e. The summed E-state index contributed by atoms with van der Waals surface area (Å²) in [7, 11) is 0. The number of anilines is 6. The molecule has 2 aliphatic rings. The normalized spacial score (nSPS) is 14.3. The zero-order valence-corrected chi connectivity index (χ0v) is 24.1. The molecule has 3 heterocycles. The number of nitrogen functional groups attached to an aromatic ring is 1. The van der Waals surface area contributed by atoms with Crippen molar-refractivity contribution < 1.29 is 14.3 Å². The largest absolute Gasteiger partial charge is 0.483 e. The summed E-state index contributed by atoms with van der Waals surface area (Å²) in [6, 6.07) is 20.6. The van der Waals surface area contributed by atoms with Crippen LogP contribution in [0.4, 0.5) is 39.3 Å². The van der Waals surface area contributed by atoms with Crippen LogP contribution in [0.5, 0.6) is 5.75 Å². The van der Waals surface area contributed by atoms with Crippen LogP contribution in [0, 0.1) is 0 Å². The van der Waals surface area contributed by atoms with E-state index in [1.54, 1.807) is 40.3 Å². The molecular formula is C31H31ClN8O3. The van der Waals surface area contributed by atoms with E-state index in [0.29, 0.717) is 66.5 Å². The summed E-state index contributed by atoms with van der Waals surface area (Å²) in [5.41, 5.74) is 10.8. The van der Waals surface area contributed by atoms with Gasteiger partial charge in [0.1, 0.15) is 10.8 Å². The molecule has 3 amide bonds. The third-order valence-corrected chi connectivity index (χ3v) is 7.64. The number of nitrogens with one attached hydrogen (secondary N) is 3. The summed E-state index contributed by atoms with van der Waals surface area (Å²) in [4.78, 5) is 38.0. The number of fused-ring (bicyclic) bond motifs is 6. The molecule has 1 fully saturated rings. The molecule has 3 aromatic carbocycles. The van der Waals surface area contributed by atoms with Crippen LogP contribution in [0.25, 0.3) is 0 Å². The van der Waals surface area contributed by atoms with E-state index >= 15 is 0 Å². The molecule has 220 valence electrons. The first-order valence-electron chi connectivity index (χ1n) is 14.0. The molecular weight excluding hydrogens is 568 g/mol. The van der Waals surface area contributed by atoms with Gasteiger partial charge in [-0.25, -0.2) is 9.78 Å². The van der Waals surface area contributed by atoms with Crippen LogP contribution < -0.4 is 26.4 Å². The van der Waals surface area contributed by atoms with Gasteiger partial charge in [0.15, 0.2) is 12.4 Å². The molecule has 0 saturated carbocycles. The summed E-state index contributed by atoms with van der Waals surface area (Å²) in [6.45, 7) is 1.62. The Bertz CT molecular complexity index is 1640. The van der Waals surface area contributed by atoms with E-state index in [9.17, 15) is 9.59 Å². The first-order valence-corrected chi connectivity index (χ1v) is 14.4. The predicted octanol–water partition coefficient (Wildman–Crippen LogP) is 5.05. The molecule has 6 bridgehead atoms. The van der Waals surface area contributed by atoms with E-state index in [2.05, 4.69) is 38.1 Å². The number of rotatable bonds is 4. The standard InChI is InChI=1S/C31H31ClN8O3/c32-26-18-34-30-36-24-3-1-2-20(16-24)4-5-21-17-25(35-29(26)38-30)10-11-27(21)43-19-28(41)39-12-14-40(15-13-39)31(42)37-23-8-6-22(33)7-9-23/h1-3,6-11,16-18H,4-5,12-15,19,33H2,(H,37,42)(H2,34,35,36,38). The monoisotopic (exact) mass is 598 g/mol. The second kappa shape index (κ2) is 12.5. The number of carbonyl (C=O) groups excluding carboxylic acids is 2. The highest BCUT2D eigenvalue weighted by Crippen LogP contribution is 2.30. The number of nitrogens with two attached hydrogens (primary N) is 1. The number of piperazine rings is 1. The summed E-state index contributed by atoms with van der Waals surface area (Å²) in [6.07, 6.45) is 3.02. The predicted molar refractivity (Wildman–Crippen MR) is 167 cm³/mol. The lowest BCUT2D eigenvalue weighted by Crippen LogP contribution is -2.52. The van der Waals surface area contributed by atoms with Crippen molar-refractivity contribution in [3.8, 4) is 5.75 Å². The van der Waals surface area contributed by atoms with Gasteiger partial charge in [-0.3, -0.25) is 4.79 Å². The number of urea groups is 1. The molecule has 0 unspecified atom stereocenters. The van der Waals surface area contributed by atoms with Crippen LogP contribution in [-0.4, -0.2) is 64.5 Å². The SMILES string of the molecule is Nc1ccc(NC(=O)N2CCN(C(=O)COc3ccc4cc3CCc3cccc(c3)Nc3ncc(Cl)c(n3)N4)CC2)cc1. The number of hydrogen-bond donors (Lipinski definition) is 4. The average Bonchev–Trinajstić information content (AvgIpc) is 3.02. The minimum atomic E-state index is -0.206. The van der Waals surface area contributed by atoms with E-state index in [4.69, 9.17) is 22.1 Å². The van der Waals surface area contributed by atoms with Crippen LogP contribution in [0.3, 0.4) is 0 Å². The lowest BCUT2D eigenvalue weighted by atomic mass is 10.0. The first-order chi connectivity index (χ1) is 20.9. The van der Waals surface area contributed by atoms with Crippen LogP contribution in [0.1, 0.15) is 11.1 Å². The van der Waals surface area contributed by atoms with Crippen molar-refractivity contribution in [2.75, 3.05) is 54.5 Å². The number of carbonyl (C=O) groups is 2. The van der Waals surface area contributed by atoms with Gasteiger partial charge in [0, 0.05) is 48.9 Å². The van der Waals surface area contributed by atoms with Crippen molar-refractivity contribution in [1.29, 1.82) is 0 Å². The number of amides is 3. The molecule has 4 aromatic rings. The van der Waals surface area contributed by atoms with Gasteiger partial charge in [0.05, 0.1) is 6.20 Å². The Labute approximate surface area is 254 Å². The molecule has 0 radical (unpaired) electrons. The molecule has 1 aromatic heterocycles. The van der Waals surface area contributed by atoms with Crippen molar-refractivity contribution >= 4 is 58.1 Å². The number of aromatic nitrogens is 2. The number of aryl methyl sites for hydroxylation is 2.